The number of alkyl halides is 1. The highest BCUT2D eigenvalue weighted by molar-refractivity contribution is 9.09. The molecule has 1 nitrogen and oxygen atoms in total. The Kier molecular flexibility index (Phi) is 4.15. The van der Waals surface area contributed by atoms with Gasteiger partial charge in [0.15, 0.2) is 0 Å². The first-order chi connectivity index (χ1) is 5.84. The highest BCUT2D eigenvalue weighted by Crippen LogP contribution is 2.16. The van der Waals surface area contributed by atoms with Crippen molar-refractivity contribution in [1.29, 1.82) is 0 Å². The molecule has 0 spiro atoms. The highest BCUT2D eigenvalue weighted by atomic mass is 79.9. The first-order valence-electron chi connectivity index (χ1n) is 3.88. The maximum Gasteiger partial charge on any atom is 0.122 e. The van der Waals surface area contributed by atoms with E-state index >= 15 is 0 Å². The Morgan fingerprint density at radius 3 is 2.75 bits per heavy atom. The third-order valence-corrected chi connectivity index (χ3v) is 2.02. The van der Waals surface area contributed by atoms with Crippen LogP contribution in [0.5, 0.6) is 5.75 Å². The van der Waals surface area contributed by atoms with E-state index in [-0.39, 0.29) is 0 Å². The van der Waals surface area contributed by atoms with Gasteiger partial charge in [-0.25, -0.2) is 0 Å². The number of rotatable bonds is 4. The van der Waals surface area contributed by atoms with Gasteiger partial charge in [0.25, 0.3) is 0 Å². The molecular formula is C10H11BrO. The fourth-order valence-electron chi connectivity index (χ4n) is 0.849. The zero-order valence-electron chi connectivity index (χ0n) is 6.79. The van der Waals surface area contributed by atoms with E-state index in [9.17, 15) is 0 Å². The SMILES string of the molecule is [CH]c1ccccc1OCCCBr. The molecule has 0 atom stereocenters. The van der Waals surface area contributed by atoms with E-state index < -0.39 is 0 Å². The average molecular weight is 227 g/mol. The largest absolute Gasteiger partial charge is 0.493 e. The molecule has 0 aliphatic heterocycles. The lowest BCUT2D eigenvalue weighted by atomic mass is 10.2. The van der Waals surface area contributed by atoms with Gasteiger partial charge in [-0.15, -0.1) is 0 Å². The van der Waals surface area contributed by atoms with E-state index in [1.165, 1.54) is 0 Å². The number of benzene rings is 1. The predicted octanol–water partition coefficient (Wildman–Crippen LogP) is 2.91. The number of ether oxygens (including phenoxy) is 1. The summed E-state index contributed by atoms with van der Waals surface area (Å²) in [7, 11) is 0. The number of para-hydroxylation sites is 1. The summed E-state index contributed by atoms with van der Waals surface area (Å²) in [5, 5.41) is 0.958. The molecule has 0 unspecified atom stereocenters. The zero-order valence-corrected chi connectivity index (χ0v) is 8.38. The van der Waals surface area contributed by atoms with Crippen LogP contribution in [0.25, 0.3) is 0 Å². The summed E-state index contributed by atoms with van der Waals surface area (Å²) in [6, 6.07) is 7.53. The van der Waals surface area contributed by atoms with E-state index in [1.54, 1.807) is 0 Å². The quantitative estimate of drug-likeness (QED) is 0.567. The van der Waals surface area contributed by atoms with Gasteiger partial charge < -0.3 is 4.74 Å². The third-order valence-electron chi connectivity index (χ3n) is 1.45. The monoisotopic (exact) mass is 226 g/mol. The molecule has 0 saturated carbocycles. The summed E-state index contributed by atoms with van der Waals surface area (Å²) in [6.07, 6.45) is 0.994. The molecule has 2 radical (unpaired) electrons. The summed E-state index contributed by atoms with van der Waals surface area (Å²) in [4.78, 5) is 0. The van der Waals surface area contributed by atoms with Crippen LogP contribution in [-0.2, 0) is 0 Å². The zero-order chi connectivity index (χ0) is 8.81. The summed E-state index contributed by atoms with van der Waals surface area (Å²) in [5.74, 6) is 0.776. The van der Waals surface area contributed by atoms with Crippen LogP contribution in [0.1, 0.15) is 12.0 Å². The minimum atomic E-state index is 0.701. The maximum absolute atomic E-state index is 5.67. The molecule has 0 N–H and O–H groups in total. The van der Waals surface area contributed by atoms with Gasteiger partial charge >= 0.3 is 0 Å². The summed E-state index contributed by atoms with van der Waals surface area (Å²) < 4.78 is 5.42. The molecule has 0 saturated heterocycles. The molecular weight excluding hydrogens is 216 g/mol. The Hall–Kier alpha value is -0.500. The van der Waals surface area contributed by atoms with Crippen molar-refractivity contribution in [2.45, 2.75) is 6.42 Å². The molecule has 1 aromatic carbocycles. The van der Waals surface area contributed by atoms with E-state index in [0.717, 1.165) is 17.5 Å². The first-order valence-corrected chi connectivity index (χ1v) is 5.00. The fourth-order valence-corrected chi connectivity index (χ4v) is 1.08. The molecule has 0 fully saturated rings. The second-order valence-corrected chi connectivity index (χ2v) is 3.22. The predicted molar refractivity (Wildman–Crippen MR) is 53.8 cm³/mol. The van der Waals surface area contributed by atoms with Gasteiger partial charge in [-0.05, 0) is 18.1 Å². The van der Waals surface area contributed by atoms with Gasteiger partial charge in [0.05, 0.1) is 6.61 Å². The van der Waals surface area contributed by atoms with E-state index in [2.05, 4.69) is 15.9 Å². The first kappa shape index (κ1) is 9.59. The van der Waals surface area contributed by atoms with Crippen molar-refractivity contribution in [2.24, 2.45) is 0 Å². The third kappa shape index (κ3) is 2.86. The molecule has 0 aromatic heterocycles. The summed E-state index contributed by atoms with van der Waals surface area (Å²) >= 11 is 3.33. The Balaban J connectivity index is 2.46. The topological polar surface area (TPSA) is 9.23 Å². The lowest BCUT2D eigenvalue weighted by molar-refractivity contribution is 0.318. The maximum atomic E-state index is 5.67. The van der Waals surface area contributed by atoms with Crippen LogP contribution in [-0.4, -0.2) is 11.9 Å². The van der Waals surface area contributed by atoms with E-state index in [1.807, 2.05) is 24.3 Å². The summed E-state index contributed by atoms with van der Waals surface area (Å²) in [5.41, 5.74) is 0.701. The van der Waals surface area contributed by atoms with Crippen LogP contribution in [0.15, 0.2) is 24.3 Å². The van der Waals surface area contributed by atoms with Gasteiger partial charge in [-0.3, -0.25) is 0 Å². The minimum absolute atomic E-state index is 0.701. The Labute approximate surface area is 81.9 Å². The molecule has 0 bridgehead atoms. The van der Waals surface area contributed by atoms with Crippen molar-refractivity contribution in [1.82, 2.24) is 0 Å². The number of hydrogen-bond donors (Lipinski definition) is 0. The second kappa shape index (κ2) is 5.20. The Morgan fingerprint density at radius 2 is 2.08 bits per heavy atom. The van der Waals surface area contributed by atoms with Crippen molar-refractivity contribution >= 4 is 15.9 Å². The Morgan fingerprint density at radius 1 is 1.33 bits per heavy atom. The number of halogens is 1. The minimum Gasteiger partial charge on any atom is -0.493 e. The van der Waals surface area contributed by atoms with Gasteiger partial charge in [-0.2, -0.15) is 0 Å². The van der Waals surface area contributed by atoms with E-state index in [4.69, 9.17) is 11.7 Å². The molecule has 2 heteroatoms. The van der Waals surface area contributed by atoms with Crippen LogP contribution >= 0.6 is 15.9 Å². The normalized spacial score (nSPS) is 9.83. The molecule has 12 heavy (non-hydrogen) atoms. The fraction of sp³-hybridized carbons (Fsp3) is 0.300. The van der Waals surface area contributed by atoms with Crippen molar-refractivity contribution in [2.75, 3.05) is 11.9 Å². The van der Waals surface area contributed by atoms with Crippen molar-refractivity contribution in [3.8, 4) is 5.75 Å². The van der Waals surface area contributed by atoms with E-state index in [0.29, 0.717) is 12.2 Å². The molecule has 1 rings (SSSR count). The number of hydrogen-bond acceptors (Lipinski definition) is 1. The molecule has 64 valence electrons. The van der Waals surface area contributed by atoms with Crippen LogP contribution in [0.3, 0.4) is 0 Å². The standard InChI is InChI=1S/C10H11BrO/c1-9-5-2-3-6-10(9)12-8-4-7-11/h1-3,5-6H,4,7-8H2. The van der Waals surface area contributed by atoms with Crippen molar-refractivity contribution in [3.63, 3.8) is 0 Å². The highest BCUT2D eigenvalue weighted by Gasteiger charge is 1.95. The van der Waals surface area contributed by atoms with Crippen molar-refractivity contribution in [3.05, 3.63) is 36.8 Å². The van der Waals surface area contributed by atoms with Crippen LogP contribution in [0, 0.1) is 6.92 Å². The lowest BCUT2D eigenvalue weighted by Gasteiger charge is -2.06. The molecule has 0 aliphatic carbocycles. The van der Waals surface area contributed by atoms with Gasteiger partial charge in [0.1, 0.15) is 5.75 Å². The van der Waals surface area contributed by atoms with Crippen LogP contribution in [0.4, 0.5) is 0 Å². The molecule has 0 aliphatic rings. The van der Waals surface area contributed by atoms with Gasteiger partial charge in [-0.1, -0.05) is 34.1 Å². The smallest absolute Gasteiger partial charge is 0.122 e. The Bertz CT molecular complexity index is 235. The van der Waals surface area contributed by atoms with Gasteiger partial charge in [0, 0.05) is 12.3 Å². The summed E-state index contributed by atoms with van der Waals surface area (Å²) in [6.45, 7) is 6.37. The average Bonchev–Trinajstić information content (AvgIpc) is 2.09. The van der Waals surface area contributed by atoms with Crippen LogP contribution in [0.2, 0.25) is 0 Å². The molecule has 0 amide bonds. The van der Waals surface area contributed by atoms with Crippen LogP contribution < -0.4 is 4.74 Å². The molecule has 1 aromatic rings. The lowest BCUT2D eigenvalue weighted by Crippen LogP contribution is -1.98. The second-order valence-electron chi connectivity index (χ2n) is 2.43. The van der Waals surface area contributed by atoms with Crippen molar-refractivity contribution < 1.29 is 4.74 Å². The van der Waals surface area contributed by atoms with Gasteiger partial charge in [0.2, 0.25) is 0 Å². The molecule has 0 heterocycles.